The van der Waals surface area contributed by atoms with Gasteiger partial charge in [0, 0.05) is 6.42 Å². The Morgan fingerprint density at radius 1 is 1.70 bits per heavy atom. The molecule has 60 valence electrons. The molecule has 0 aromatic carbocycles. The van der Waals surface area contributed by atoms with Gasteiger partial charge in [0.05, 0.1) is 0 Å². The van der Waals surface area contributed by atoms with Crippen molar-refractivity contribution in [1.82, 2.24) is 0 Å². The Morgan fingerprint density at radius 3 is 2.70 bits per heavy atom. The number of hydrogen-bond acceptors (Lipinski definition) is 2. The molecule has 0 spiro atoms. The van der Waals surface area contributed by atoms with Crippen molar-refractivity contribution in [2.24, 2.45) is 5.92 Å². The molecule has 0 saturated carbocycles. The van der Waals surface area contributed by atoms with Crippen LogP contribution >= 0.6 is 11.8 Å². The van der Waals surface area contributed by atoms with Gasteiger partial charge in [-0.2, -0.15) is 11.8 Å². The van der Waals surface area contributed by atoms with Crippen LogP contribution in [0.5, 0.6) is 0 Å². The van der Waals surface area contributed by atoms with Gasteiger partial charge in [-0.3, -0.25) is 4.79 Å². The van der Waals surface area contributed by atoms with E-state index in [-0.39, 0.29) is 0 Å². The second-order valence-corrected chi connectivity index (χ2v) is 3.68. The predicted octanol–water partition coefficient (Wildman–Crippen LogP) is 1.85. The number of hydrogen-bond donors (Lipinski definition) is 1. The zero-order valence-electron chi connectivity index (χ0n) is 6.46. The number of carboxylic acid groups (broad SMARTS) is 1. The highest BCUT2D eigenvalue weighted by Gasteiger charge is 2.05. The third-order valence-corrected chi connectivity index (χ3v) is 2.34. The highest BCUT2D eigenvalue weighted by atomic mass is 32.2. The Labute approximate surface area is 66.0 Å². The Morgan fingerprint density at radius 2 is 2.30 bits per heavy atom. The minimum Gasteiger partial charge on any atom is -0.481 e. The predicted molar refractivity (Wildman–Crippen MR) is 44.4 cm³/mol. The van der Waals surface area contributed by atoms with Gasteiger partial charge in [-0.05, 0) is 17.4 Å². The van der Waals surface area contributed by atoms with Crippen molar-refractivity contribution < 1.29 is 9.90 Å². The Bertz CT molecular complexity index is 104. The molecular formula is C7H14O2S. The summed E-state index contributed by atoms with van der Waals surface area (Å²) >= 11 is 1.79. The van der Waals surface area contributed by atoms with Crippen molar-refractivity contribution in [3.8, 4) is 0 Å². The minimum atomic E-state index is -0.691. The molecule has 2 nitrogen and oxygen atoms in total. The van der Waals surface area contributed by atoms with Gasteiger partial charge in [0.2, 0.25) is 0 Å². The van der Waals surface area contributed by atoms with Gasteiger partial charge < -0.3 is 5.11 Å². The van der Waals surface area contributed by atoms with Crippen LogP contribution in [0.15, 0.2) is 0 Å². The largest absolute Gasteiger partial charge is 0.481 e. The maximum Gasteiger partial charge on any atom is 0.303 e. The maximum absolute atomic E-state index is 10.2. The normalized spacial score (nSPS) is 13.0. The van der Waals surface area contributed by atoms with Gasteiger partial charge in [-0.1, -0.05) is 13.8 Å². The average molecular weight is 162 g/mol. The second kappa shape index (κ2) is 5.59. The quantitative estimate of drug-likeness (QED) is 0.670. The number of carboxylic acids is 1. The van der Waals surface area contributed by atoms with E-state index in [2.05, 4.69) is 6.92 Å². The van der Waals surface area contributed by atoms with Gasteiger partial charge in [0.15, 0.2) is 0 Å². The molecule has 0 aliphatic carbocycles. The standard InChI is InChI=1S/C7H14O2S/c1-3-10-5-6(2)4-7(8)9/h6H,3-5H2,1-2H3,(H,8,9). The molecule has 0 aliphatic heterocycles. The molecule has 0 aliphatic rings. The van der Waals surface area contributed by atoms with Crippen LogP contribution in [0.3, 0.4) is 0 Å². The Balaban J connectivity index is 3.25. The summed E-state index contributed by atoms with van der Waals surface area (Å²) in [5.74, 6) is 1.65. The molecule has 1 atom stereocenters. The van der Waals surface area contributed by atoms with Crippen LogP contribution in [-0.2, 0) is 4.79 Å². The van der Waals surface area contributed by atoms with Crippen molar-refractivity contribution in [2.45, 2.75) is 20.3 Å². The fourth-order valence-corrected chi connectivity index (χ4v) is 1.43. The summed E-state index contributed by atoms with van der Waals surface area (Å²) in [6.07, 6.45) is 0.299. The molecule has 1 N–H and O–H groups in total. The van der Waals surface area contributed by atoms with Crippen LogP contribution in [0.2, 0.25) is 0 Å². The molecule has 0 heterocycles. The second-order valence-electron chi connectivity index (χ2n) is 2.36. The molecule has 0 amide bonds. The van der Waals surface area contributed by atoms with E-state index in [1.807, 2.05) is 6.92 Å². The molecule has 0 aromatic heterocycles. The zero-order valence-corrected chi connectivity index (χ0v) is 7.28. The van der Waals surface area contributed by atoms with Crippen molar-refractivity contribution in [2.75, 3.05) is 11.5 Å². The lowest BCUT2D eigenvalue weighted by Crippen LogP contribution is -2.06. The SMILES string of the molecule is CCSCC(C)CC(=O)O. The summed E-state index contributed by atoms with van der Waals surface area (Å²) < 4.78 is 0. The van der Waals surface area contributed by atoms with E-state index in [0.29, 0.717) is 12.3 Å². The van der Waals surface area contributed by atoms with E-state index < -0.39 is 5.97 Å². The summed E-state index contributed by atoms with van der Waals surface area (Å²) in [4.78, 5) is 10.2. The van der Waals surface area contributed by atoms with Crippen molar-refractivity contribution in [1.29, 1.82) is 0 Å². The van der Waals surface area contributed by atoms with Crippen LogP contribution < -0.4 is 0 Å². The van der Waals surface area contributed by atoms with Gasteiger partial charge in [-0.25, -0.2) is 0 Å². The van der Waals surface area contributed by atoms with Gasteiger partial charge in [0.1, 0.15) is 0 Å². The van der Waals surface area contributed by atoms with Crippen molar-refractivity contribution >= 4 is 17.7 Å². The Hall–Kier alpha value is -0.180. The number of aliphatic carboxylic acids is 1. The molecule has 0 rings (SSSR count). The number of rotatable bonds is 5. The average Bonchev–Trinajstić information content (AvgIpc) is 1.82. The topological polar surface area (TPSA) is 37.3 Å². The zero-order chi connectivity index (χ0) is 7.98. The third kappa shape index (κ3) is 5.95. The van der Waals surface area contributed by atoms with Crippen LogP contribution in [0.4, 0.5) is 0 Å². The molecule has 1 unspecified atom stereocenters. The molecule has 0 saturated heterocycles. The number of carbonyl (C=O) groups is 1. The van der Waals surface area contributed by atoms with E-state index in [4.69, 9.17) is 5.11 Å². The third-order valence-electron chi connectivity index (χ3n) is 1.13. The first kappa shape index (κ1) is 9.82. The van der Waals surface area contributed by atoms with E-state index in [1.54, 1.807) is 11.8 Å². The lowest BCUT2D eigenvalue weighted by atomic mass is 10.1. The molecule has 0 bridgehead atoms. The summed E-state index contributed by atoms with van der Waals surface area (Å²) in [5, 5.41) is 8.37. The van der Waals surface area contributed by atoms with Gasteiger partial charge in [0.25, 0.3) is 0 Å². The fraction of sp³-hybridized carbons (Fsp3) is 0.857. The first-order chi connectivity index (χ1) is 4.66. The molecule has 0 fully saturated rings. The summed E-state index contributed by atoms with van der Waals surface area (Å²) in [6.45, 7) is 4.05. The first-order valence-corrected chi connectivity index (χ1v) is 4.61. The Kier molecular flexibility index (Phi) is 5.49. The van der Waals surface area contributed by atoms with Crippen molar-refractivity contribution in [3.05, 3.63) is 0 Å². The van der Waals surface area contributed by atoms with Gasteiger partial charge in [-0.15, -0.1) is 0 Å². The lowest BCUT2D eigenvalue weighted by molar-refractivity contribution is -0.137. The summed E-state index contributed by atoms with van der Waals surface area (Å²) in [7, 11) is 0. The van der Waals surface area contributed by atoms with E-state index in [0.717, 1.165) is 11.5 Å². The molecular weight excluding hydrogens is 148 g/mol. The minimum absolute atomic E-state index is 0.299. The molecule has 0 radical (unpaired) electrons. The number of thioether (sulfide) groups is 1. The van der Waals surface area contributed by atoms with Crippen LogP contribution in [0, 0.1) is 5.92 Å². The van der Waals surface area contributed by atoms with Crippen LogP contribution in [0.1, 0.15) is 20.3 Å². The van der Waals surface area contributed by atoms with Crippen LogP contribution in [-0.4, -0.2) is 22.6 Å². The lowest BCUT2D eigenvalue weighted by Gasteiger charge is -2.05. The van der Waals surface area contributed by atoms with Crippen molar-refractivity contribution in [3.63, 3.8) is 0 Å². The van der Waals surface area contributed by atoms with Crippen LogP contribution in [0.25, 0.3) is 0 Å². The smallest absolute Gasteiger partial charge is 0.303 e. The molecule has 0 aromatic rings. The van der Waals surface area contributed by atoms with Gasteiger partial charge >= 0.3 is 5.97 Å². The molecule has 3 heteroatoms. The fourth-order valence-electron chi connectivity index (χ4n) is 0.676. The van der Waals surface area contributed by atoms with E-state index >= 15 is 0 Å². The summed E-state index contributed by atoms with van der Waals surface area (Å²) in [6, 6.07) is 0. The van der Waals surface area contributed by atoms with E-state index in [1.165, 1.54) is 0 Å². The monoisotopic (exact) mass is 162 g/mol. The summed E-state index contributed by atoms with van der Waals surface area (Å²) in [5.41, 5.74) is 0. The maximum atomic E-state index is 10.2. The molecule has 10 heavy (non-hydrogen) atoms. The highest BCUT2D eigenvalue weighted by Crippen LogP contribution is 2.10. The van der Waals surface area contributed by atoms with E-state index in [9.17, 15) is 4.79 Å². The first-order valence-electron chi connectivity index (χ1n) is 3.46. The highest BCUT2D eigenvalue weighted by molar-refractivity contribution is 7.99.